The van der Waals surface area contributed by atoms with Crippen LogP contribution in [0.25, 0.3) is 0 Å². The molecule has 1 aliphatic rings. The lowest BCUT2D eigenvalue weighted by atomic mass is 10.1. The number of carbonyl (C=O) groups excluding carboxylic acids is 2. The van der Waals surface area contributed by atoms with Gasteiger partial charge in [-0.1, -0.05) is 5.92 Å². The molecule has 0 atom stereocenters. The number of amides is 2. The molecule has 28 heavy (non-hydrogen) atoms. The Hall–Kier alpha value is -3.15. The standard InChI is InChI=1S/C20H19N3O4S/c1-2-13-21-28(26,27)18-11-5-15(6-12-18)20(25)22-16-7-3-14(4-8-16)19(24)23-17-9-10-17/h1,3-8,11-12,17,21H,9-10,13H2,(H,22,25)(H,23,24). The lowest BCUT2D eigenvalue weighted by Gasteiger charge is -2.08. The van der Waals surface area contributed by atoms with Gasteiger partial charge in [0.25, 0.3) is 11.8 Å². The van der Waals surface area contributed by atoms with Crippen molar-refractivity contribution in [1.82, 2.24) is 10.0 Å². The summed E-state index contributed by atoms with van der Waals surface area (Å²) in [5.74, 6) is 1.67. The number of anilines is 1. The highest BCUT2D eigenvalue weighted by molar-refractivity contribution is 7.89. The van der Waals surface area contributed by atoms with E-state index in [-0.39, 0.29) is 23.4 Å². The maximum atomic E-state index is 12.3. The molecule has 144 valence electrons. The van der Waals surface area contributed by atoms with Crippen molar-refractivity contribution < 1.29 is 18.0 Å². The van der Waals surface area contributed by atoms with Crippen molar-refractivity contribution in [2.75, 3.05) is 11.9 Å². The van der Waals surface area contributed by atoms with Crippen LogP contribution in [0.2, 0.25) is 0 Å². The van der Waals surface area contributed by atoms with Crippen LogP contribution in [-0.4, -0.2) is 32.8 Å². The monoisotopic (exact) mass is 397 g/mol. The third-order valence-electron chi connectivity index (χ3n) is 4.11. The molecule has 0 aliphatic heterocycles. The summed E-state index contributed by atoms with van der Waals surface area (Å²) in [5.41, 5.74) is 1.35. The van der Waals surface area contributed by atoms with E-state index in [9.17, 15) is 18.0 Å². The fourth-order valence-electron chi connectivity index (χ4n) is 2.41. The number of terminal acetylenes is 1. The van der Waals surface area contributed by atoms with Gasteiger partial charge < -0.3 is 10.6 Å². The quantitative estimate of drug-likeness (QED) is 0.619. The van der Waals surface area contributed by atoms with Gasteiger partial charge in [0.2, 0.25) is 10.0 Å². The molecule has 3 N–H and O–H groups in total. The normalized spacial score (nSPS) is 13.4. The molecule has 7 nitrogen and oxygen atoms in total. The molecule has 2 amide bonds. The first-order valence-electron chi connectivity index (χ1n) is 8.64. The van der Waals surface area contributed by atoms with Crippen LogP contribution < -0.4 is 15.4 Å². The number of nitrogens with one attached hydrogen (secondary N) is 3. The second-order valence-electron chi connectivity index (χ2n) is 6.33. The Morgan fingerprint density at radius 1 is 0.964 bits per heavy atom. The molecule has 1 fully saturated rings. The van der Waals surface area contributed by atoms with Gasteiger partial charge in [0.1, 0.15) is 0 Å². The molecule has 0 saturated heterocycles. The number of benzene rings is 2. The molecule has 0 heterocycles. The zero-order valence-corrected chi connectivity index (χ0v) is 15.8. The SMILES string of the molecule is C#CCNS(=O)(=O)c1ccc(C(=O)Nc2ccc(C(=O)NC3CC3)cc2)cc1. The van der Waals surface area contributed by atoms with Crippen molar-refractivity contribution in [1.29, 1.82) is 0 Å². The van der Waals surface area contributed by atoms with Crippen molar-refractivity contribution in [2.24, 2.45) is 0 Å². The predicted octanol–water partition coefficient (Wildman–Crippen LogP) is 1.74. The molecule has 0 unspecified atom stereocenters. The lowest BCUT2D eigenvalue weighted by molar-refractivity contribution is 0.0950. The molecule has 0 spiro atoms. The predicted molar refractivity (Wildman–Crippen MR) is 105 cm³/mol. The van der Waals surface area contributed by atoms with Crippen LogP contribution in [0.3, 0.4) is 0 Å². The molecule has 0 bridgehead atoms. The number of rotatable bonds is 7. The first-order valence-corrected chi connectivity index (χ1v) is 10.1. The van der Waals surface area contributed by atoms with Crippen LogP contribution in [0.4, 0.5) is 5.69 Å². The Labute approximate surface area is 163 Å². The molecular formula is C20H19N3O4S. The van der Waals surface area contributed by atoms with Gasteiger partial charge in [-0.05, 0) is 61.4 Å². The van der Waals surface area contributed by atoms with E-state index in [1.54, 1.807) is 24.3 Å². The highest BCUT2D eigenvalue weighted by atomic mass is 32.2. The Morgan fingerprint density at radius 3 is 2.11 bits per heavy atom. The Morgan fingerprint density at radius 2 is 1.54 bits per heavy atom. The maximum absolute atomic E-state index is 12.3. The zero-order chi connectivity index (χ0) is 20.1. The van der Waals surface area contributed by atoms with Gasteiger partial charge in [0.05, 0.1) is 11.4 Å². The average molecular weight is 397 g/mol. The van der Waals surface area contributed by atoms with Gasteiger partial charge in [-0.2, -0.15) is 4.72 Å². The summed E-state index contributed by atoms with van der Waals surface area (Å²) in [4.78, 5) is 24.3. The highest BCUT2D eigenvalue weighted by Crippen LogP contribution is 2.20. The topological polar surface area (TPSA) is 104 Å². The maximum Gasteiger partial charge on any atom is 0.255 e. The summed E-state index contributed by atoms with van der Waals surface area (Å²) in [6, 6.07) is 12.3. The number of hydrogen-bond donors (Lipinski definition) is 3. The molecule has 2 aromatic carbocycles. The largest absolute Gasteiger partial charge is 0.349 e. The van der Waals surface area contributed by atoms with E-state index >= 15 is 0 Å². The van der Waals surface area contributed by atoms with E-state index in [0.717, 1.165) is 12.8 Å². The molecule has 3 rings (SSSR count). The van der Waals surface area contributed by atoms with Gasteiger partial charge in [-0.3, -0.25) is 9.59 Å². The summed E-state index contributed by atoms with van der Waals surface area (Å²) in [5, 5.41) is 5.60. The highest BCUT2D eigenvalue weighted by Gasteiger charge is 2.23. The summed E-state index contributed by atoms with van der Waals surface area (Å²) in [6.07, 6.45) is 7.08. The van der Waals surface area contributed by atoms with Crippen LogP contribution in [-0.2, 0) is 10.0 Å². The second kappa shape index (κ2) is 8.25. The minimum atomic E-state index is -3.70. The van der Waals surface area contributed by atoms with Gasteiger partial charge in [0.15, 0.2) is 0 Å². The zero-order valence-electron chi connectivity index (χ0n) is 14.9. The van der Waals surface area contributed by atoms with Crippen molar-refractivity contribution in [3.05, 3.63) is 59.7 Å². The molecular weight excluding hydrogens is 378 g/mol. The summed E-state index contributed by atoms with van der Waals surface area (Å²) < 4.78 is 26.2. The van der Waals surface area contributed by atoms with Crippen LogP contribution in [0, 0.1) is 12.3 Å². The number of sulfonamides is 1. The number of carbonyl (C=O) groups is 2. The Kier molecular flexibility index (Phi) is 5.78. The summed E-state index contributed by atoms with van der Waals surface area (Å²) in [7, 11) is -3.70. The molecule has 8 heteroatoms. The van der Waals surface area contributed by atoms with Crippen LogP contribution in [0.5, 0.6) is 0 Å². The molecule has 0 radical (unpaired) electrons. The Bertz CT molecular complexity index is 1020. The molecule has 1 saturated carbocycles. The Balaban J connectivity index is 1.62. The van der Waals surface area contributed by atoms with Gasteiger partial charge >= 0.3 is 0 Å². The van der Waals surface area contributed by atoms with E-state index in [4.69, 9.17) is 6.42 Å². The van der Waals surface area contributed by atoms with Crippen molar-refractivity contribution in [2.45, 2.75) is 23.8 Å². The molecule has 0 aromatic heterocycles. The third-order valence-corrected chi connectivity index (χ3v) is 5.53. The minimum Gasteiger partial charge on any atom is -0.349 e. The van der Waals surface area contributed by atoms with Crippen molar-refractivity contribution >= 4 is 27.5 Å². The number of hydrogen-bond acceptors (Lipinski definition) is 4. The van der Waals surface area contributed by atoms with Gasteiger partial charge in [0, 0.05) is 22.9 Å². The molecule has 1 aliphatic carbocycles. The fourth-order valence-corrected chi connectivity index (χ4v) is 3.34. The van der Waals surface area contributed by atoms with Crippen molar-refractivity contribution in [3.63, 3.8) is 0 Å². The van der Waals surface area contributed by atoms with Gasteiger partial charge in [-0.15, -0.1) is 6.42 Å². The first kappa shape index (κ1) is 19.6. The van der Waals surface area contributed by atoms with E-state index in [1.165, 1.54) is 24.3 Å². The van der Waals surface area contributed by atoms with E-state index < -0.39 is 15.9 Å². The van der Waals surface area contributed by atoms with E-state index in [2.05, 4.69) is 21.3 Å². The third kappa shape index (κ3) is 4.97. The van der Waals surface area contributed by atoms with Crippen LogP contribution >= 0.6 is 0 Å². The van der Waals surface area contributed by atoms with Crippen LogP contribution in [0.1, 0.15) is 33.6 Å². The summed E-state index contributed by atoms with van der Waals surface area (Å²) in [6.45, 7) is -0.112. The van der Waals surface area contributed by atoms with E-state index in [0.29, 0.717) is 16.8 Å². The fraction of sp³-hybridized carbons (Fsp3) is 0.200. The minimum absolute atomic E-state index is 0.0188. The first-order chi connectivity index (χ1) is 13.4. The summed E-state index contributed by atoms with van der Waals surface area (Å²) >= 11 is 0. The lowest BCUT2D eigenvalue weighted by Crippen LogP contribution is -2.25. The average Bonchev–Trinajstić information content (AvgIpc) is 3.51. The van der Waals surface area contributed by atoms with Crippen LogP contribution in [0.15, 0.2) is 53.4 Å². The van der Waals surface area contributed by atoms with Gasteiger partial charge in [-0.25, -0.2) is 8.42 Å². The second-order valence-corrected chi connectivity index (χ2v) is 8.10. The smallest absolute Gasteiger partial charge is 0.255 e. The van der Waals surface area contributed by atoms with Crippen molar-refractivity contribution in [3.8, 4) is 12.3 Å². The molecule has 2 aromatic rings. The van der Waals surface area contributed by atoms with E-state index in [1.807, 2.05) is 0 Å².